The Bertz CT molecular complexity index is 994. The molecule has 1 aliphatic rings. The van der Waals surface area contributed by atoms with E-state index in [4.69, 9.17) is 18.7 Å². The van der Waals surface area contributed by atoms with Crippen LogP contribution in [0, 0.1) is 13.8 Å². The van der Waals surface area contributed by atoms with Gasteiger partial charge in [0, 0.05) is 0 Å². The van der Waals surface area contributed by atoms with E-state index >= 15 is 0 Å². The molecule has 7 nitrogen and oxygen atoms in total. The molecule has 2 heterocycles. The number of fused-ring (bicyclic) bond motifs is 1. The first-order valence-corrected chi connectivity index (χ1v) is 9.42. The number of hydrogen-bond donors (Lipinski definition) is 1. The standard InChI is InChI=1S/C22H22N2O5/c1-14-18(15(2)29-24-14)13-27-19-8-4-3-7-17(19)22(25)23-11-16-12-26-20-9-5-6-10-21(20)28-16/h3-10,16H,11-13H2,1-2H3,(H,23,25). The topological polar surface area (TPSA) is 82.8 Å². The number of hydrogen-bond acceptors (Lipinski definition) is 6. The Balaban J connectivity index is 1.38. The van der Waals surface area contributed by atoms with Crippen molar-refractivity contribution in [2.75, 3.05) is 13.2 Å². The molecule has 0 radical (unpaired) electrons. The van der Waals surface area contributed by atoms with Crippen molar-refractivity contribution in [3.05, 3.63) is 71.1 Å². The third-order valence-electron chi connectivity index (χ3n) is 4.74. The van der Waals surface area contributed by atoms with Crippen LogP contribution < -0.4 is 19.5 Å². The molecule has 0 fully saturated rings. The smallest absolute Gasteiger partial charge is 0.255 e. The molecule has 0 bridgehead atoms. The van der Waals surface area contributed by atoms with E-state index in [1.807, 2.05) is 44.2 Å². The van der Waals surface area contributed by atoms with E-state index in [0.29, 0.717) is 41.7 Å². The lowest BCUT2D eigenvalue weighted by atomic mass is 10.1. The highest BCUT2D eigenvalue weighted by Crippen LogP contribution is 2.30. The number of amides is 1. The number of aromatic nitrogens is 1. The summed E-state index contributed by atoms with van der Waals surface area (Å²) in [4.78, 5) is 12.7. The lowest BCUT2D eigenvalue weighted by Crippen LogP contribution is -2.40. The quantitative estimate of drug-likeness (QED) is 0.690. The highest BCUT2D eigenvalue weighted by molar-refractivity contribution is 5.96. The van der Waals surface area contributed by atoms with Crippen LogP contribution in [-0.4, -0.2) is 30.3 Å². The number of rotatable bonds is 6. The molecule has 0 aliphatic carbocycles. The molecule has 1 aliphatic heterocycles. The number of carbonyl (C=O) groups is 1. The Kier molecular flexibility index (Phi) is 5.37. The number of para-hydroxylation sites is 3. The fourth-order valence-corrected chi connectivity index (χ4v) is 3.10. The SMILES string of the molecule is Cc1noc(C)c1COc1ccccc1C(=O)NCC1COc2ccccc2O1. The van der Waals surface area contributed by atoms with Gasteiger partial charge in [0.15, 0.2) is 11.5 Å². The minimum absolute atomic E-state index is 0.234. The van der Waals surface area contributed by atoms with E-state index in [-0.39, 0.29) is 18.6 Å². The molecule has 0 spiro atoms. The van der Waals surface area contributed by atoms with E-state index < -0.39 is 0 Å². The van der Waals surface area contributed by atoms with Gasteiger partial charge in [-0.05, 0) is 38.1 Å². The van der Waals surface area contributed by atoms with Crippen molar-refractivity contribution in [3.8, 4) is 17.2 Å². The Morgan fingerprint density at radius 2 is 1.90 bits per heavy atom. The third kappa shape index (κ3) is 4.18. The van der Waals surface area contributed by atoms with Gasteiger partial charge in [-0.1, -0.05) is 29.4 Å². The summed E-state index contributed by atoms with van der Waals surface area (Å²) < 4.78 is 22.6. The fourth-order valence-electron chi connectivity index (χ4n) is 3.10. The van der Waals surface area contributed by atoms with Gasteiger partial charge in [-0.2, -0.15) is 0 Å². The van der Waals surface area contributed by atoms with Gasteiger partial charge >= 0.3 is 0 Å². The first kappa shape index (κ1) is 18.9. The minimum atomic E-state index is -0.260. The monoisotopic (exact) mass is 394 g/mol. The summed E-state index contributed by atoms with van der Waals surface area (Å²) in [5.41, 5.74) is 2.11. The molecule has 1 unspecified atom stereocenters. The maximum atomic E-state index is 12.7. The maximum Gasteiger partial charge on any atom is 0.255 e. The van der Waals surface area contributed by atoms with Crippen molar-refractivity contribution >= 4 is 5.91 Å². The van der Waals surface area contributed by atoms with Gasteiger partial charge in [0.05, 0.1) is 23.4 Å². The molecule has 1 aromatic heterocycles. The van der Waals surface area contributed by atoms with Gasteiger partial charge in [0.25, 0.3) is 5.91 Å². The second kappa shape index (κ2) is 8.26. The van der Waals surface area contributed by atoms with Gasteiger partial charge in [0.2, 0.25) is 0 Å². The van der Waals surface area contributed by atoms with Crippen molar-refractivity contribution in [1.82, 2.24) is 10.5 Å². The van der Waals surface area contributed by atoms with Gasteiger partial charge in [-0.25, -0.2) is 0 Å². The van der Waals surface area contributed by atoms with Crippen LogP contribution in [-0.2, 0) is 6.61 Å². The van der Waals surface area contributed by atoms with Crippen molar-refractivity contribution in [2.45, 2.75) is 26.6 Å². The third-order valence-corrected chi connectivity index (χ3v) is 4.74. The molecule has 1 N–H and O–H groups in total. The van der Waals surface area contributed by atoms with Crippen molar-refractivity contribution in [2.24, 2.45) is 0 Å². The van der Waals surface area contributed by atoms with Gasteiger partial charge < -0.3 is 24.1 Å². The lowest BCUT2D eigenvalue weighted by Gasteiger charge is -2.26. The molecular weight excluding hydrogens is 372 g/mol. The van der Waals surface area contributed by atoms with Gasteiger partial charge in [0.1, 0.15) is 30.8 Å². The van der Waals surface area contributed by atoms with Gasteiger partial charge in [-0.3, -0.25) is 4.79 Å². The molecule has 0 saturated heterocycles. The Morgan fingerprint density at radius 3 is 2.69 bits per heavy atom. The van der Waals surface area contributed by atoms with Crippen LogP contribution in [0.4, 0.5) is 0 Å². The first-order chi connectivity index (χ1) is 14.1. The van der Waals surface area contributed by atoms with Gasteiger partial charge in [-0.15, -0.1) is 0 Å². The van der Waals surface area contributed by atoms with Crippen LogP contribution in [0.1, 0.15) is 27.4 Å². The zero-order valence-electron chi connectivity index (χ0n) is 16.3. The highest BCUT2D eigenvalue weighted by Gasteiger charge is 2.22. The summed E-state index contributed by atoms with van der Waals surface area (Å²) in [7, 11) is 0. The van der Waals surface area contributed by atoms with E-state index in [1.165, 1.54) is 0 Å². The molecule has 3 aromatic rings. The van der Waals surface area contributed by atoms with Crippen LogP contribution in [0.25, 0.3) is 0 Å². The fraction of sp³-hybridized carbons (Fsp3) is 0.273. The second-order valence-electron chi connectivity index (χ2n) is 6.80. The molecule has 7 heteroatoms. The zero-order valence-corrected chi connectivity index (χ0v) is 16.3. The molecule has 150 valence electrons. The van der Waals surface area contributed by atoms with Crippen LogP contribution >= 0.6 is 0 Å². The van der Waals surface area contributed by atoms with E-state index in [9.17, 15) is 4.79 Å². The zero-order chi connectivity index (χ0) is 20.2. The Labute approximate surface area is 168 Å². The molecule has 1 amide bonds. The average molecular weight is 394 g/mol. The van der Waals surface area contributed by atoms with Crippen LogP contribution in [0.15, 0.2) is 53.1 Å². The Morgan fingerprint density at radius 1 is 1.14 bits per heavy atom. The van der Waals surface area contributed by atoms with Crippen molar-refractivity contribution in [1.29, 1.82) is 0 Å². The minimum Gasteiger partial charge on any atom is -0.488 e. The summed E-state index contributed by atoms with van der Waals surface area (Å²) in [5.74, 6) is 2.37. The van der Waals surface area contributed by atoms with E-state index in [2.05, 4.69) is 10.5 Å². The molecule has 1 atom stereocenters. The average Bonchev–Trinajstić information content (AvgIpc) is 3.08. The molecule has 29 heavy (non-hydrogen) atoms. The second-order valence-corrected chi connectivity index (χ2v) is 6.80. The number of ether oxygens (including phenoxy) is 3. The number of carbonyl (C=O) groups excluding carboxylic acids is 1. The Hall–Kier alpha value is -3.48. The summed E-state index contributed by atoms with van der Waals surface area (Å²) in [6.45, 7) is 4.68. The highest BCUT2D eigenvalue weighted by atomic mass is 16.6. The summed E-state index contributed by atoms with van der Waals surface area (Å²) in [6, 6.07) is 14.6. The number of nitrogens with zero attached hydrogens (tertiary/aromatic N) is 1. The maximum absolute atomic E-state index is 12.7. The predicted molar refractivity (Wildman–Crippen MR) is 105 cm³/mol. The van der Waals surface area contributed by atoms with E-state index in [0.717, 1.165) is 11.3 Å². The van der Waals surface area contributed by atoms with Crippen LogP contribution in [0.5, 0.6) is 17.2 Å². The number of aryl methyl sites for hydroxylation is 2. The number of nitrogens with one attached hydrogen (secondary N) is 1. The largest absolute Gasteiger partial charge is 0.488 e. The normalized spacial score (nSPS) is 15.0. The van der Waals surface area contributed by atoms with Crippen LogP contribution in [0.3, 0.4) is 0 Å². The molecule has 0 saturated carbocycles. The van der Waals surface area contributed by atoms with Crippen molar-refractivity contribution in [3.63, 3.8) is 0 Å². The summed E-state index contributed by atoms with van der Waals surface area (Å²) in [5, 5.41) is 6.82. The van der Waals surface area contributed by atoms with E-state index in [1.54, 1.807) is 18.2 Å². The summed E-state index contributed by atoms with van der Waals surface area (Å²) in [6.07, 6.45) is -0.260. The lowest BCUT2D eigenvalue weighted by molar-refractivity contribution is 0.0787. The summed E-state index contributed by atoms with van der Waals surface area (Å²) >= 11 is 0. The molecule has 4 rings (SSSR count). The van der Waals surface area contributed by atoms with Crippen LogP contribution in [0.2, 0.25) is 0 Å². The predicted octanol–water partition coefficient (Wildman–Crippen LogP) is 3.44. The molecule has 2 aromatic carbocycles. The number of benzene rings is 2. The van der Waals surface area contributed by atoms with Crippen molar-refractivity contribution < 1.29 is 23.5 Å². The molecular formula is C22H22N2O5. The first-order valence-electron chi connectivity index (χ1n) is 9.42.